The minimum Gasteiger partial charge on any atom is -0.489 e. The predicted octanol–water partition coefficient (Wildman–Crippen LogP) is 3.47. The highest BCUT2D eigenvalue weighted by Crippen LogP contribution is 2.18. The molecule has 0 spiro atoms. The highest BCUT2D eigenvalue weighted by molar-refractivity contribution is 14.0. The Morgan fingerprint density at radius 1 is 1.23 bits per heavy atom. The number of aliphatic imine (C=N–C) groups is 1. The first kappa shape index (κ1) is 24.3. The van der Waals surface area contributed by atoms with Gasteiger partial charge in [-0.15, -0.1) is 34.2 Å². The molecular formula is C20H29F2IN6O. The third-order valence-electron chi connectivity index (χ3n) is 5.05. The third kappa shape index (κ3) is 7.06. The fourth-order valence-electron chi connectivity index (χ4n) is 3.25. The van der Waals surface area contributed by atoms with Crippen molar-refractivity contribution < 1.29 is 13.5 Å². The molecule has 10 heteroatoms. The van der Waals surface area contributed by atoms with Gasteiger partial charge >= 0.3 is 0 Å². The molecule has 3 rings (SSSR count). The van der Waals surface area contributed by atoms with Crippen LogP contribution >= 0.6 is 24.0 Å². The Morgan fingerprint density at radius 2 is 2.00 bits per heavy atom. The van der Waals surface area contributed by atoms with Crippen molar-refractivity contribution in [2.45, 2.75) is 51.6 Å². The zero-order valence-electron chi connectivity index (χ0n) is 17.3. The van der Waals surface area contributed by atoms with Crippen LogP contribution in [-0.4, -0.2) is 39.9 Å². The lowest BCUT2D eigenvalue weighted by atomic mass is 9.96. The Kier molecular flexibility index (Phi) is 9.73. The maximum Gasteiger partial charge on any atom is 0.192 e. The summed E-state index contributed by atoms with van der Waals surface area (Å²) in [5.74, 6) is 0.966. The van der Waals surface area contributed by atoms with Crippen molar-refractivity contribution in [2.75, 3.05) is 13.2 Å². The Morgan fingerprint density at radius 3 is 2.67 bits per heavy atom. The van der Waals surface area contributed by atoms with Gasteiger partial charge in [0.05, 0.1) is 6.54 Å². The van der Waals surface area contributed by atoms with E-state index in [1.165, 1.54) is 31.4 Å². The molecule has 0 saturated heterocycles. The van der Waals surface area contributed by atoms with E-state index in [4.69, 9.17) is 4.74 Å². The first-order valence-electron chi connectivity index (χ1n) is 10.0. The van der Waals surface area contributed by atoms with Gasteiger partial charge in [0, 0.05) is 19.2 Å². The summed E-state index contributed by atoms with van der Waals surface area (Å²) in [7, 11) is 1.91. The molecule has 1 aromatic carbocycles. The molecule has 0 radical (unpaired) electrons. The van der Waals surface area contributed by atoms with Crippen LogP contribution < -0.4 is 15.4 Å². The quantitative estimate of drug-likeness (QED) is 0.246. The van der Waals surface area contributed by atoms with Crippen molar-refractivity contribution in [3.05, 3.63) is 41.5 Å². The summed E-state index contributed by atoms with van der Waals surface area (Å²) in [6, 6.07) is 3.65. The van der Waals surface area contributed by atoms with Crippen molar-refractivity contribution in [3.63, 3.8) is 0 Å². The predicted molar refractivity (Wildman–Crippen MR) is 122 cm³/mol. The molecule has 0 atom stereocenters. The van der Waals surface area contributed by atoms with Crippen LogP contribution in [-0.2, 0) is 13.6 Å². The summed E-state index contributed by atoms with van der Waals surface area (Å²) < 4.78 is 33.9. The fraction of sp³-hybridized carbons (Fsp3) is 0.550. The monoisotopic (exact) mass is 534 g/mol. The van der Waals surface area contributed by atoms with Gasteiger partial charge in [-0.1, -0.05) is 19.3 Å². The van der Waals surface area contributed by atoms with Gasteiger partial charge in [0.1, 0.15) is 24.8 Å². The Bertz CT molecular complexity index is 839. The summed E-state index contributed by atoms with van der Waals surface area (Å²) in [6.07, 6.45) is 5.91. The molecule has 7 nitrogen and oxygen atoms in total. The van der Waals surface area contributed by atoms with E-state index in [0.29, 0.717) is 25.1 Å². The van der Waals surface area contributed by atoms with Crippen molar-refractivity contribution in [2.24, 2.45) is 12.0 Å². The third-order valence-corrected chi connectivity index (χ3v) is 5.05. The van der Waals surface area contributed by atoms with Gasteiger partial charge in [0.25, 0.3) is 0 Å². The van der Waals surface area contributed by atoms with Gasteiger partial charge in [-0.05, 0) is 31.9 Å². The number of benzene rings is 1. The summed E-state index contributed by atoms with van der Waals surface area (Å²) in [4.78, 5) is 4.63. The summed E-state index contributed by atoms with van der Waals surface area (Å²) in [5, 5.41) is 14.9. The van der Waals surface area contributed by atoms with Crippen LogP contribution in [0.3, 0.4) is 0 Å². The van der Waals surface area contributed by atoms with E-state index in [9.17, 15) is 8.78 Å². The topological polar surface area (TPSA) is 76.4 Å². The van der Waals surface area contributed by atoms with Crippen LogP contribution in [0, 0.1) is 18.6 Å². The number of nitrogens with zero attached hydrogens (tertiary/aromatic N) is 4. The average Bonchev–Trinajstić information content (AvgIpc) is 3.03. The minimum absolute atomic E-state index is 0. The van der Waals surface area contributed by atoms with E-state index < -0.39 is 11.6 Å². The molecule has 0 unspecified atom stereocenters. The number of hydrogen-bond donors (Lipinski definition) is 2. The molecule has 1 aromatic heterocycles. The van der Waals surface area contributed by atoms with E-state index in [1.807, 2.05) is 18.5 Å². The maximum atomic E-state index is 13.7. The molecule has 1 fully saturated rings. The molecule has 30 heavy (non-hydrogen) atoms. The van der Waals surface area contributed by atoms with Crippen LogP contribution in [0.5, 0.6) is 5.75 Å². The lowest BCUT2D eigenvalue weighted by molar-refractivity contribution is 0.304. The highest BCUT2D eigenvalue weighted by atomic mass is 127. The maximum absolute atomic E-state index is 13.7. The number of ether oxygens (including phenoxy) is 1. The number of nitrogens with one attached hydrogen (secondary N) is 2. The summed E-state index contributed by atoms with van der Waals surface area (Å²) in [6.45, 7) is 2.93. The Balaban J connectivity index is 0.00000320. The first-order valence-corrected chi connectivity index (χ1v) is 10.0. The van der Waals surface area contributed by atoms with Crippen molar-refractivity contribution >= 4 is 29.9 Å². The Hall–Kier alpha value is -1.98. The van der Waals surface area contributed by atoms with Gasteiger partial charge < -0.3 is 19.9 Å². The molecule has 0 aliphatic heterocycles. The smallest absolute Gasteiger partial charge is 0.192 e. The van der Waals surface area contributed by atoms with Crippen molar-refractivity contribution in [1.29, 1.82) is 0 Å². The number of guanidine groups is 1. The molecule has 1 aliphatic rings. The number of hydrogen-bond acceptors (Lipinski definition) is 4. The normalized spacial score (nSPS) is 14.9. The molecule has 0 amide bonds. The van der Waals surface area contributed by atoms with Crippen LogP contribution in [0.15, 0.2) is 23.2 Å². The molecule has 1 aliphatic carbocycles. The minimum atomic E-state index is -0.711. The molecule has 2 N–H and O–H groups in total. The highest BCUT2D eigenvalue weighted by Gasteiger charge is 2.15. The molecule has 1 saturated carbocycles. The molecule has 166 valence electrons. The summed E-state index contributed by atoms with van der Waals surface area (Å²) >= 11 is 0. The average molecular weight is 534 g/mol. The molecule has 1 heterocycles. The molecular weight excluding hydrogens is 505 g/mol. The zero-order valence-corrected chi connectivity index (χ0v) is 19.7. The van der Waals surface area contributed by atoms with Crippen LogP contribution in [0.1, 0.15) is 43.8 Å². The Labute approximate surface area is 192 Å². The van der Waals surface area contributed by atoms with Gasteiger partial charge in [-0.25, -0.2) is 13.8 Å². The fourth-order valence-corrected chi connectivity index (χ4v) is 3.25. The summed E-state index contributed by atoms with van der Waals surface area (Å²) in [5.41, 5.74) is 0. The second kappa shape index (κ2) is 12.0. The molecule has 2 aromatic rings. The van der Waals surface area contributed by atoms with E-state index in [0.717, 1.165) is 30.6 Å². The van der Waals surface area contributed by atoms with Gasteiger partial charge in [0.15, 0.2) is 23.4 Å². The second-order valence-electron chi connectivity index (χ2n) is 7.22. The van der Waals surface area contributed by atoms with E-state index in [1.54, 1.807) is 0 Å². The molecule has 0 bridgehead atoms. The second-order valence-corrected chi connectivity index (χ2v) is 7.22. The van der Waals surface area contributed by atoms with Gasteiger partial charge in [0.2, 0.25) is 0 Å². The van der Waals surface area contributed by atoms with E-state index in [-0.39, 0.29) is 36.3 Å². The van der Waals surface area contributed by atoms with Gasteiger partial charge in [-0.2, -0.15) is 0 Å². The number of aryl methyl sites for hydroxylation is 1. The van der Waals surface area contributed by atoms with E-state index >= 15 is 0 Å². The lowest BCUT2D eigenvalue weighted by Crippen LogP contribution is -2.45. The first-order chi connectivity index (χ1) is 14.0. The number of rotatable bonds is 7. The largest absolute Gasteiger partial charge is 0.489 e. The standard InChI is InChI=1S/C20H28F2N6O.HI/c1-14-26-27-19(28(14)2)13-24-20(25-16-6-4-3-5-7-16)23-10-11-29-18-9-8-15(21)12-17(18)22;/h8-9,12,16H,3-7,10-11,13H2,1-2H3,(H2,23,24,25);1H. The lowest BCUT2D eigenvalue weighted by Gasteiger charge is -2.25. The van der Waals surface area contributed by atoms with Crippen LogP contribution in [0.4, 0.5) is 8.78 Å². The SMILES string of the molecule is Cc1nnc(CN=C(NCCOc2ccc(F)cc2F)NC2CCCCC2)n1C.I. The zero-order chi connectivity index (χ0) is 20.6. The van der Waals surface area contributed by atoms with Gasteiger partial charge in [-0.3, -0.25) is 0 Å². The number of aromatic nitrogens is 3. The number of halogens is 3. The van der Waals surface area contributed by atoms with E-state index in [2.05, 4.69) is 25.8 Å². The van der Waals surface area contributed by atoms with Crippen LogP contribution in [0.25, 0.3) is 0 Å². The van der Waals surface area contributed by atoms with Crippen LogP contribution in [0.2, 0.25) is 0 Å². The van der Waals surface area contributed by atoms with Crippen molar-refractivity contribution in [3.8, 4) is 5.75 Å². The van der Waals surface area contributed by atoms with Crippen molar-refractivity contribution in [1.82, 2.24) is 25.4 Å².